The maximum atomic E-state index is 6.54. The van der Waals surface area contributed by atoms with Gasteiger partial charge in [-0.1, -0.05) is 164 Å². The second-order valence-corrected chi connectivity index (χ2v) is 14.0. The number of hydrogen-bond donors (Lipinski definition) is 0. The smallest absolute Gasteiger partial charge is 0.136 e. The summed E-state index contributed by atoms with van der Waals surface area (Å²) in [6.45, 7) is 0. The van der Waals surface area contributed by atoms with Crippen LogP contribution in [0.25, 0.3) is 110 Å². The van der Waals surface area contributed by atoms with E-state index in [1.165, 1.54) is 82.0 Å². The molecule has 0 spiro atoms. The van der Waals surface area contributed by atoms with Crippen LogP contribution in [0.2, 0.25) is 0 Å². The molecule has 0 unspecified atom stereocenters. The van der Waals surface area contributed by atoms with E-state index < -0.39 is 0 Å². The Balaban J connectivity index is 1.06. The number of rotatable bonds is 4. The van der Waals surface area contributed by atoms with Crippen molar-refractivity contribution in [2.75, 3.05) is 0 Å². The van der Waals surface area contributed by atoms with E-state index in [1.807, 2.05) is 0 Å². The highest BCUT2D eigenvalue weighted by Gasteiger charge is 2.18. The zero-order valence-electron chi connectivity index (χ0n) is 28.9. The minimum Gasteiger partial charge on any atom is -0.456 e. The molecule has 1 heterocycles. The second-order valence-electron chi connectivity index (χ2n) is 14.0. The van der Waals surface area contributed by atoms with Crippen molar-refractivity contribution in [3.63, 3.8) is 0 Å². The molecule has 0 atom stereocenters. The summed E-state index contributed by atoms with van der Waals surface area (Å²) >= 11 is 0. The molecule has 0 aliphatic rings. The lowest BCUT2D eigenvalue weighted by Crippen LogP contribution is -1.91. The molecule has 11 rings (SSSR count). The first-order valence-corrected chi connectivity index (χ1v) is 18.2. The van der Waals surface area contributed by atoms with Gasteiger partial charge < -0.3 is 4.42 Å². The Morgan fingerprint density at radius 3 is 1.36 bits per heavy atom. The molecule has 0 aliphatic carbocycles. The molecule has 1 nitrogen and oxygen atoms in total. The van der Waals surface area contributed by atoms with Gasteiger partial charge in [0.1, 0.15) is 11.2 Å². The van der Waals surface area contributed by atoms with Crippen LogP contribution in [0.5, 0.6) is 0 Å². The predicted molar refractivity (Wildman–Crippen MR) is 225 cm³/mol. The lowest BCUT2D eigenvalue weighted by molar-refractivity contribution is 0.669. The van der Waals surface area contributed by atoms with Gasteiger partial charge in [0.05, 0.1) is 0 Å². The average Bonchev–Trinajstić information content (AvgIpc) is 3.58. The zero-order valence-corrected chi connectivity index (χ0v) is 28.9. The molecular weight excluding hydrogens is 641 g/mol. The third-order valence-corrected chi connectivity index (χ3v) is 11.0. The van der Waals surface area contributed by atoms with Gasteiger partial charge in [0, 0.05) is 10.8 Å². The SMILES string of the molecule is c1ccc(-c2ccc3ccccc3c2)c(-c2ccc(-c3c4ccccc4c(-c4ccc5c(c4)oc4cc6ccccc6cc45)c4ccccc34)cc2)c1. The van der Waals surface area contributed by atoms with Gasteiger partial charge in [-0.2, -0.15) is 0 Å². The summed E-state index contributed by atoms with van der Waals surface area (Å²) in [7, 11) is 0. The maximum Gasteiger partial charge on any atom is 0.136 e. The third kappa shape index (κ3) is 4.79. The molecule has 0 saturated carbocycles. The number of furan rings is 1. The Bertz CT molecular complexity index is 3160. The quantitative estimate of drug-likeness (QED) is 0.170. The maximum absolute atomic E-state index is 6.54. The molecule has 0 bridgehead atoms. The average molecular weight is 673 g/mol. The summed E-state index contributed by atoms with van der Waals surface area (Å²) in [5.41, 5.74) is 11.6. The van der Waals surface area contributed by atoms with E-state index in [-0.39, 0.29) is 0 Å². The fourth-order valence-electron chi connectivity index (χ4n) is 8.53. The largest absolute Gasteiger partial charge is 0.456 e. The summed E-state index contributed by atoms with van der Waals surface area (Å²) in [5.74, 6) is 0. The molecule has 10 aromatic carbocycles. The van der Waals surface area contributed by atoms with E-state index in [9.17, 15) is 0 Å². The van der Waals surface area contributed by atoms with Crippen molar-refractivity contribution in [1.82, 2.24) is 0 Å². The first kappa shape index (κ1) is 29.7. The third-order valence-electron chi connectivity index (χ3n) is 11.0. The second kappa shape index (κ2) is 11.8. The summed E-state index contributed by atoms with van der Waals surface area (Å²) in [5, 5.41) is 12.1. The molecule has 0 fully saturated rings. The van der Waals surface area contributed by atoms with E-state index >= 15 is 0 Å². The van der Waals surface area contributed by atoms with Crippen LogP contribution in [0.15, 0.2) is 199 Å². The fraction of sp³-hybridized carbons (Fsp3) is 0. The first-order chi connectivity index (χ1) is 26.3. The summed E-state index contributed by atoms with van der Waals surface area (Å²) in [6, 6.07) is 70.6. The monoisotopic (exact) mass is 672 g/mol. The lowest BCUT2D eigenvalue weighted by atomic mass is 9.85. The van der Waals surface area contributed by atoms with E-state index in [4.69, 9.17) is 4.42 Å². The molecule has 246 valence electrons. The van der Waals surface area contributed by atoms with Crippen molar-refractivity contribution in [3.8, 4) is 44.5 Å². The molecule has 0 radical (unpaired) electrons. The van der Waals surface area contributed by atoms with Crippen LogP contribution in [0.4, 0.5) is 0 Å². The van der Waals surface area contributed by atoms with Crippen LogP contribution < -0.4 is 0 Å². The van der Waals surface area contributed by atoms with E-state index in [1.54, 1.807) is 0 Å². The Kier molecular flexibility index (Phi) is 6.62. The number of fused-ring (bicyclic) bond motifs is 7. The minimum atomic E-state index is 0.907. The van der Waals surface area contributed by atoms with Crippen LogP contribution in [0, 0.1) is 0 Å². The topological polar surface area (TPSA) is 13.1 Å². The van der Waals surface area contributed by atoms with Crippen molar-refractivity contribution >= 4 is 65.0 Å². The van der Waals surface area contributed by atoms with Gasteiger partial charge in [-0.05, 0) is 118 Å². The van der Waals surface area contributed by atoms with Crippen molar-refractivity contribution in [2.24, 2.45) is 0 Å². The predicted octanol–water partition coefficient (Wildman–Crippen LogP) is 14.9. The summed E-state index contributed by atoms with van der Waals surface area (Å²) in [4.78, 5) is 0. The highest BCUT2D eigenvalue weighted by molar-refractivity contribution is 6.22. The molecular formula is C52H32O. The summed E-state index contributed by atoms with van der Waals surface area (Å²) < 4.78 is 6.54. The minimum absolute atomic E-state index is 0.907. The van der Waals surface area contributed by atoms with Crippen LogP contribution in [-0.4, -0.2) is 0 Å². The van der Waals surface area contributed by atoms with Crippen LogP contribution >= 0.6 is 0 Å². The van der Waals surface area contributed by atoms with Gasteiger partial charge in [-0.3, -0.25) is 0 Å². The van der Waals surface area contributed by atoms with Crippen LogP contribution in [0.3, 0.4) is 0 Å². The van der Waals surface area contributed by atoms with Gasteiger partial charge in [0.25, 0.3) is 0 Å². The summed E-state index contributed by atoms with van der Waals surface area (Å²) in [6.07, 6.45) is 0. The first-order valence-electron chi connectivity index (χ1n) is 18.2. The van der Waals surface area contributed by atoms with Crippen molar-refractivity contribution in [1.29, 1.82) is 0 Å². The van der Waals surface area contributed by atoms with Gasteiger partial charge in [0.15, 0.2) is 0 Å². The Labute approximate surface area is 307 Å². The molecule has 1 aromatic heterocycles. The lowest BCUT2D eigenvalue weighted by Gasteiger charge is -2.18. The van der Waals surface area contributed by atoms with Crippen LogP contribution in [0.1, 0.15) is 0 Å². The number of hydrogen-bond acceptors (Lipinski definition) is 1. The number of benzene rings is 10. The van der Waals surface area contributed by atoms with Gasteiger partial charge >= 0.3 is 0 Å². The molecule has 0 amide bonds. The molecule has 1 heteroatoms. The Morgan fingerprint density at radius 1 is 0.245 bits per heavy atom. The van der Waals surface area contributed by atoms with E-state index in [0.29, 0.717) is 0 Å². The van der Waals surface area contributed by atoms with Crippen molar-refractivity contribution in [2.45, 2.75) is 0 Å². The molecule has 0 N–H and O–H groups in total. The van der Waals surface area contributed by atoms with Crippen molar-refractivity contribution in [3.05, 3.63) is 194 Å². The normalized spacial score (nSPS) is 11.8. The van der Waals surface area contributed by atoms with E-state index in [2.05, 4.69) is 194 Å². The highest BCUT2D eigenvalue weighted by Crippen LogP contribution is 2.45. The van der Waals surface area contributed by atoms with Gasteiger partial charge in [0.2, 0.25) is 0 Å². The highest BCUT2D eigenvalue weighted by atomic mass is 16.3. The Morgan fingerprint density at radius 2 is 0.698 bits per heavy atom. The molecule has 53 heavy (non-hydrogen) atoms. The molecule has 0 saturated heterocycles. The van der Waals surface area contributed by atoms with Gasteiger partial charge in [-0.15, -0.1) is 0 Å². The zero-order chi connectivity index (χ0) is 34.9. The molecule has 11 aromatic rings. The van der Waals surface area contributed by atoms with Gasteiger partial charge in [-0.25, -0.2) is 0 Å². The van der Waals surface area contributed by atoms with Crippen molar-refractivity contribution < 1.29 is 4.42 Å². The standard InChI is InChI=1S/C52H32O/c1-2-12-36-29-39(26-21-33(36)11-1)42-16-6-5-15-41(42)34-22-24-35(25-23-34)51-44-17-7-9-19-46(44)52(47-20-10-8-18-45(47)51)40-27-28-43-48-30-37-13-3-4-14-38(37)31-50(48)53-49(43)32-40/h1-32H. The van der Waals surface area contributed by atoms with Crippen LogP contribution in [-0.2, 0) is 0 Å². The van der Waals surface area contributed by atoms with E-state index in [0.717, 1.165) is 27.5 Å². The fourth-order valence-corrected chi connectivity index (χ4v) is 8.53. The molecule has 0 aliphatic heterocycles. The Hall–Kier alpha value is -6.96.